The van der Waals surface area contributed by atoms with Gasteiger partial charge < -0.3 is 10.6 Å². The van der Waals surface area contributed by atoms with Crippen molar-refractivity contribution in [3.8, 4) is 0 Å². The molecular weight excluding hydrogens is 220 g/mol. The Morgan fingerprint density at radius 3 is 3.00 bits per heavy atom. The van der Waals surface area contributed by atoms with Gasteiger partial charge in [-0.15, -0.1) is 0 Å². The molecule has 0 aromatic heterocycles. The molecule has 2 rings (SSSR count). The average molecular weight is 246 g/mol. The highest BCUT2D eigenvalue weighted by Crippen LogP contribution is 2.25. The number of unbranched alkanes of at least 4 members (excludes halogenated alkanes) is 3. The Balaban J connectivity index is 1.78. The van der Waals surface area contributed by atoms with Gasteiger partial charge in [-0.05, 0) is 43.5 Å². The molecule has 1 aliphatic rings. The highest BCUT2D eigenvalue weighted by Gasteiger charge is 2.10. The zero-order chi connectivity index (χ0) is 12.8. The maximum absolute atomic E-state index is 3.62. The summed E-state index contributed by atoms with van der Waals surface area (Å²) in [5.74, 6) is 0. The largest absolute Gasteiger partial charge is 0.384 e. The molecule has 18 heavy (non-hydrogen) atoms. The number of benzene rings is 1. The Bertz CT molecular complexity index is 373. The molecule has 1 aromatic rings. The van der Waals surface area contributed by atoms with Crippen molar-refractivity contribution >= 4 is 11.4 Å². The summed E-state index contributed by atoms with van der Waals surface area (Å²) in [6, 6.07) is 7.28. The fourth-order valence-corrected chi connectivity index (χ4v) is 2.63. The molecule has 1 atom stereocenters. The van der Waals surface area contributed by atoms with Crippen molar-refractivity contribution in [2.75, 3.05) is 17.2 Å². The van der Waals surface area contributed by atoms with Crippen molar-refractivity contribution in [3.63, 3.8) is 0 Å². The summed E-state index contributed by atoms with van der Waals surface area (Å²) in [4.78, 5) is 0. The van der Waals surface area contributed by atoms with E-state index < -0.39 is 0 Å². The van der Waals surface area contributed by atoms with Crippen LogP contribution in [0.15, 0.2) is 18.2 Å². The van der Waals surface area contributed by atoms with Crippen LogP contribution in [0.4, 0.5) is 11.4 Å². The van der Waals surface area contributed by atoms with E-state index in [4.69, 9.17) is 0 Å². The molecule has 1 aliphatic heterocycles. The zero-order valence-electron chi connectivity index (χ0n) is 11.8. The predicted molar refractivity (Wildman–Crippen MR) is 80.5 cm³/mol. The summed E-state index contributed by atoms with van der Waals surface area (Å²) < 4.78 is 0. The summed E-state index contributed by atoms with van der Waals surface area (Å²) in [5.41, 5.74) is 4.05. The summed E-state index contributed by atoms with van der Waals surface area (Å²) in [5, 5.41) is 7.02. The Labute approximate surface area is 111 Å². The number of hydrogen-bond acceptors (Lipinski definition) is 2. The van der Waals surface area contributed by atoms with Gasteiger partial charge in [-0.25, -0.2) is 0 Å². The summed E-state index contributed by atoms with van der Waals surface area (Å²) in [6.45, 7) is 5.64. The first-order valence-electron chi connectivity index (χ1n) is 7.43. The van der Waals surface area contributed by atoms with Gasteiger partial charge in [0.2, 0.25) is 0 Å². The van der Waals surface area contributed by atoms with Crippen molar-refractivity contribution in [1.29, 1.82) is 0 Å². The van der Waals surface area contributed by atoms with Crippen molar-refractivity contribution in [2.45, 2.75) is 58.4 Å². The number of hydrogen-bond donors (Lipinski definition) is 2. The standard InChI is InChI=1S/C16H26N2/c1-3-4-5-6-7-13(2)18-15-8-9-16-14(12-15)10-11-17-16/h8-9,12-13,17-18H,3-7,10-11H2,1-2H3. The van der Waals surface area contributed by atoms with E-state index in [1.807, 2.05) is 0 Å². The molecule has 2 nitrogen and oxygen atoms in total. The van der Waals surface area contributed by atoms with E-state index in [9.17, 15) is 0 Å². The number of rotatable bonds is 7. The van der Waals surface area contributed by atoms with E-state index in [1.54, 1.807) is 0 Å². The predicted octanol–water partition coefficient (Wildman–Crippen LogP) is 4.43. The molecule has 0 spiro atoms. The average Bonchev–Trinajstić information content (AvgIpc) is 2.82. The van der Waals surface area contributed by atoms with Crippen molar-refractivity contribution < 1.29 is 0 Å². The fraction of sp³-hybridized carbons (Fsp3) is 0.625. The molecule has 0 fully saturated rings. The molecule has 0 saturated heterocycles. The first kappa shape index (κ1) is 13.3. The second kappa shape index (κ2) is 6.67. The van der Waals surface area contributed by atoms with Crippen LogP contribution < -0.4 is 10.6 Å². The minimum absolute atomic E-state index is 0.578. The fourth-order valence-electron chi connectivity index (χ4n) is 2.63. The smallest absolute Gasteiger partial charge is 0.0375 e. The third-order valence-corrected chi connectivity index (χ3v) is 3.72. The molecule has 0 aliphatic carbocycles. The lowest BCUT2D eigenvalue weighted by molar-refractivity contribution is 0.594. The van der Waals surface area contributed by atoms with Crippen LogP contribution >= 0.6 is 0 Å². The van der Waals surface area contributed by atoms with Crippen LogP contribution in [0.25, 0.3) is 0 Å². The van der Waals surface area contributed by atoms with Crippen LogP contribution in [0.1, 0.15) is 51.5 Å². The van der Waals surface area contributed by atoms with E-state index in [0.717, 1.165) is 13.0 Å². The van der Waals surface area contributed by atoms with Gasteiger partial charge in [0, 0.05) is 24.0 Å². The van der Waals surface area contributed by atoms with E-state index in [-0.39, 0.29) is 0 Å². The Morgan fingerprint density at radius 2 is 2.17 bits per heavy atom. The van der Waals surface area contributed by atoms with Crippen LogP contribution in [-0.4, -0.2) is 12.6 Å². The monoisotopic (exact) mass is 246 g/mol. The van der Waals surface area contributed by atoms with Crippen molar-refractivity contribution in [1.82, 2.24) is 0 Å². The minimum atomic E-state index is 0.578. The molecular formula is C16H26N2. The lowest BCUT2D eigenvalue weighted by atomic mass is 10.1. The number of fused-ring (bicyclic) bond motifs is 1. The van der Waals surface area contributed by atoms with Gasteiger partial charge in [0.15, 0.2) is 0 Å². The molecule has 2 heteroatoms. The molecule has 0 amide bonds. The summed E-state index contributed by atoms with van der Waals surface area (Å²) in [7, 11) is 0. The molecule has 1 heterocycles. The lowest BCUT2D eigenvalue weighted by Crippen LogP contribution is -2.14. The number of nitrogens with one attached hydrogen (secondary N) is 2. The summed E-state index contributed by atoms with van der Waals surface area (Å²) in [6.07, 6.45) is 7.84. The molecule has 1 unspecified atom stereocenters. The molecule has 2 N–H and O–H groups in total. The van der Waals surface area contributed by atoms with Gasteiger partial charge in [-0.3, -0.25) is 0 Å². The SMILES string of the molecule is CCCCCCC(C)Nc1ccc2c(c1)CCN2. The molecule has 100 valence electrons. The van der Waals surface area contributed by atoms with Gasteiger partial charge >= 0.3 is 0 Å². The first-order valence-corrected chi connectivity index (χ1v) is 7.43. The topological polar surface area (TPSA) is 24.1 Å². The molecule has 0 bridgehead atoms. The van der Waals surface area contributed by atoms with Gasteiger partial charge in [0.05, 0.1) is 0 Å². The maximum Gasteiger partial charge on any atom is 0.0375 e. The van der Waals surface area contributed by atoms with Crippen LogP contribution in [0, 0.1) is 0 Å². The zero-order valence-corrected chi connectivity index (χ0v) is 11.8. The second-order valence-corrected chi connectivity index (χ2v) is 5.44. The van der Waals surface area contributed by atoms with Gasteiger partial charge in [-0.2, -0.15) is 0 Å². The van der Waals surface area contributed by atoms with Crippen LogP contribution in [0.5, 0.6) is 0 Å². The van der Waals surface area contributed by atoms with Crippen molar-refractivity contribution in [3.05, 3.63) is 23.8 Å². The van der Waals surface area contributed by atoms with Gasteiger partial charge in [0.25, 0.3) is 0 Å². The molecule has 1 aromatic carbocycles. The van der Waals surface area contributed by atoms with E-state index in [2.05, 4.69) is 42.7 Å². The molecule has 0 radical (unpaired) electrons. The van der Waals surface area contributed by atoms with Crippen LogP contribution in [0.2, 0.25) is 0 Å². The Hall–Kier alpha value is -1.18. The van der Waals surface area contributed by atoms with E-state index in [1.165, 1.54) is 49.0 Å². The Kier molecular flexibility index (Phi) is 4.91. The van der Waals surface area contributed by atoms with E-state index in [0.29, 0.717) is 6.04 Å². The van der Waals surface area contributed by atoms with Gasteiger partial charge in [0.1, 0.15) is 0 Å². The van der Waals surface area contributed by atoms with Crippen LogP contribution in [-0.2, 0) is 6.42 Å². The quantitative estimate of drug-likeness (QED) is 0.696. The first-order chi connectivity index (χ1) is 8.79. The van der Waals surface area contributed by atoms with E-state index >= 15 is 0 Å². The van der Waals surface area contributed by atoms with Crippen molar-refractivity contribution in [2.24, 2.45) is 0 Å². The highest BCUT2D eigenvalue weighted by molar-refractivity contribution is 5.62. The third-order valence-electron chi connectivity index (χ3n) is 3.72. The second-order valence-electron chi connectivity index (χ2n) is 5.44. The normalized spacial score (nSPS) is 15.0. The van der Waals surface area contributed by atoms with Gasteiger partial charge in [-0.1, -0.05) is 32.6 Å². The molecule has 0 saturated carbocycles. The minimum Gasteiger partial charge on any atom is -0.384 e. The maximum atomic E-state index is 3.62. The lowest BCUT2D eigenvalue weighted by Gasteiger charge is -2.16. The Morgan fingerprint density at radius 1 is 1.28 bits per heavy atom. The van der Waals surface area contributed by atoms with Crippen LogP contribution in [0.3, 0.4) is 0 Å². The highest BCUT2D eigenvalue weighted by atomic mass is 14.9. The summed E-state index contributed by atoms with van der Waals surface area (Å²) >= 11 is 0. The number of anilines is 2. The third kappa shape index (κ3) is 3.66.